The van der Waals surface area contributed by atoms with Crippen LogP contribution in [-0.2, 0) is 22.6 Å². The molecule has 134 valence electrons. The van der Waals surface area contributed by atoms with Crippen molar-refractivity contribution in [1.82, 2.24) is 9.13 Å². The Hall–Kier alpha value is -2.63. The minimum absolute atomic E-state index is 0.117. The third-order valence-corrected chi connectivity index (χ3v) is 4.21. The molecule has 0 atom stereocenters. The van der Waals surface area contributed by atoms with Crippen LogP contribution < -0.4 is 11.2 Å². The lowest BCUT2D eigenvalue weighted by atomic mass is 9.99. The average Bonchev–Trinajstić information content (AvgIpc) is 2.56. The molecule has 2 aromatic rings. The molecule has 0 spiro atoms. The van der Waals surface area contributed by atoms with Crippen LogP contribution in [0.3, 0.4) is 0 Å². The number of methoxy groups -OCH3 is 1. The average molecular weight is 344 g/mol. The van der Waals surface area contributed by atoms with E-state index < -0.39 is 11.7 Å². The first kappa shape index (κ1) is 18.7. The van der Waals surface area contributed by atoms with Crippen LogP contribution in [0.1, 0.15) is 25.0 Å². The predicted molar refractivity (Wildman–Crippen MR) is 96.7 cm³/mol. The molecule has 0 saturated carbocycles. The van der Waals surface area contributed by atoms with E-state index in [1.54, 1.807) is 0 Å². The molecule has 0 saturated heterocycles. The molecule has 0 amide bonds. The Bertz CT molecular complexity index is 907. The molecule has 1 aromatic carbocycles. The SMILES string of the molecule is COC(=O)Cn1cc(-c2cccc(C)c2C)c(=O)n(CC(C)C)c1=O. The minimum Gasteiger partial charge on any atom is -0.468 e. The molecule has 1 heterocycles. The lowest BCUT2D eigenvalue weighted by Gasteiger charge is -2.15. The molecule has 0 bridgehead atoms. The van der Waals surface area contributed by atoms with E-state index in [0.717, 1.165) is 16.7 Å². The van der Waals surface area contributed by atoms with Crippen LogP contribution in [-0.4, -0.2) is 22.2 Å². The second-order valence-corrected chi connectivity index (χ2v) is 6.59. The third-order valence-electron chi connectivity index (χ3n) is 4.21. The lowest BCUT2D eigenvalue weighted by molar-refractivity contribution is -0.141. The number of hydrogen-bond acceptors (Lipinski definition) is 4. The van der Waals surface area contributed by atoms with E-state index in [1.807, 2.05) is 45.9 Å². The summed E-state index contributed by atoms with van der Waals surface area (Å²) in [6.07, 6.45) is 1.46. The zero-order valence-corrected chi connectivity index (χ0v) is 15.3. The summed E-state index contributed by atoms with van der Waals surface area (Å²) in [6.45, 7) is 7.83. The van der Waals surface area contributed by atoms with Gasteiger partial charge in [-0.15, -0.1) is 0 Å². The highest BCUT2D eigenvalue weighted by molar-refractivity contribution is 5.70. The smallest absolute Gasteiger partial charge is 0.331 e. The zero-order valence-electron chi connectivity index (χ0n) is 15.3. The van der Waals surface area contributed by atoms with Crippen LogP contribution in [0.5, 0.6) is 0 Å². The zero-order chi connectivity index (χ0) is 18.7. The van der Waals surface area contributed by atoms with E-state index in [-0.39, 0.29) is 24.6 Å². The summed E-state index contributed by atoms with van der Waals surface area (Å²) in [5.41, 5.74) is 2.36. The monoisotopic (exact) mass is 344 g/mol. The fourth-order valence-electron chi connectivity index (χ4n) is 2.72. The van der Waals surface area contributed by atoms with Crippen molar-refractivity contribution in [2.75, 3.05) is 7.11 Å². The fourth-order valence-corrected chi connectivity index (χ4v) is 2.72. The second kappa shape index (κ2) is 7.51. The molecular weight excluding hydrogens is 320 g/mol. The summed E-state index contributed by atoms with van der Waals surface area (Å²) < 4.78 is 7.10. The molecule has 25 heavy (non-hydrogen) atoms. The van der Waals surface area contributed by atoms with E-state index in [2.05, 4.69) is 4.74 Å². The van der Waals surface area contributed by atoms with Crippen LogP contribution in [0.2, 0.25) is 0 Å². The number of carbonyl (C=O) groups excluding carboxylic acids is 1. The van der Waals surface area contributed by atoms with Gasteiger partial charge >= 0.3 is 11.7 Å². The van der Waals surface area contributed by atoms with Gasteiger partial charge in [0.25, 0.3) is 5.56 Å². The number of aromatic nitrogens is 2. The van der Waals surface area contributed by atoms with Crippen molar-refractivity contribution in [1.29, 1.82) is 0 Å². The Balaban J connectivity index is 2.77. The molecule has 0 aliphatic carbocycles. The van der Waals surface area contributed by atoms with E-state index in [1.165, 1.54) is 22.4 Å². The van der Waals surface area contributed by atoms with Crippen molar-refractivity contribution >= 4 is 5.97 Å². The van der Waals surface area contributed by atoms with Crippen LogP contribution in [0.25, 0.3) is 11.1 Å². The molecule has 0 unspecified atom stereocenters. The molecular formula is C19H24N2O4. The normalized spacial score (nSPS) is 11.0. The van der Waals surface area contributed by atoms with Gasteiger partial charge in [0.05, 0.1) is 12.7 Å². The Kier molecular flexibility index (Phi) is 5.62. The molecule has 6 nitrogen and oxygen atoms in total. The summed E-state index contributed by atoms with van der Waals surface area (Å²) in [5, 5.41) is 0. The van der Waals surface area contributed by atoms with Gasteiger partial charge in [0.15, 0.2) is 0 Å². The number of benzene rings is 1. The number of carbonyl (C=O) groups is 1. The van der Waals surface area contributed by atoms with Crippen LogP contribution in [0.4, 0.5) is 0 Å². The first-order chi connectivity index (χ1) is 11.8. The van der Waals surface area contributed by atoms with Crippen LogP contribution >= 0.6 is 0 Å². The van der Waals surface area contributed by atoms with Crippen molar-refractivity contribution in [3.8, 4) is 11.1 Å². The number of esters is 1. The standard InChI is InChI=1S/C19H24N2O4/c1-12(2)9-21-18(23)16(15-8-6-7-13(3)14(15)4)10-20(19(21)24)11-17(22)25-5/h6-8,10,12H,9,11H2,1-5H3. The highest BCUT2D eigenvalue weighted by Gasteiger charge is 2.17. The molecule has 0 aliphatic rings. The Morgan fingerprint density at radius 2 is 1.84 bits per heavy atom. The van der Waals surface area contributed by atoms with Crippen molar-refractivity contribution < 1.29 is 9.53 Å². The molecule has 1 aromatic heterocycles. The molecule has 0 radical (unpaired) electrons. The van der Waals surface area contributed by atoms with Gasteiger partial charge in [0, 0.05) is 12.7 Å². The van der Waals surface area contributed by atoms with Crippen LogP contribution in [0.15, 0.2) is 34.0 Å². The van der Waals surface area contributed by atoms with E-state index >= 15 is 0 Å². The summed E-state index contributed by atoms with van der Waals surface area (Å²) >= 11 is 0. The Labute approximate surface area is 146 Å². The lowest BCUT2D eigenvalue weighted by Crippen LogP contribution is -2.42. The number of aryl methyl sites for hydroxylation is 1. The summed E-state index contributed by atoms with van der Waals surface area (Å²) in [5.74, 6) is -0.422. The summed E-state index contributed by atoms with van der Waals surface area (Å²) in [4.78, 5) is 37.2. The third kappa shape index (κ3) is 3.90. The summed E-state index contributed by atoms with van der Waals surface area (Å²) in [6, 6.07) is 5.70. The minimum atomic E-state index is -0.538. The second-order valence-electron chi connectivity index (χ2n) is 6.59. The van der Waals surface area contributed by atoms with Crippen LogP contribution in [0, 0.1) is 19.8 Å². The van der Waals surface area contributed by atoms with E-state index in [4.69, 9.17) is 0 Å². The van der Waals surface area contributed by atoms with Gasteiger partial charge in [-0.2, -0.15) is 0 Å². The maximum Gasteiger partial charge on any atom is 0.331 e. The van der Waals surface area contributed by atoms with Crippen molar-refractivity contribution in [3.05, 3.63) is 56.4 Å². The summed E-state index contributed by atoms with van der Waals surface area (Å²) in [7, 11) is 1.27. The van der Waals surface area contributed by atoms with Crippen molar-refractivity contribution in [3.63, 3.8) is 0 Å². The molecule has 0 N–H and O–H groups in total. The van der Waals surface area contributed by atoms with Gasteiger partial charge in [-0.3, -0.25) is 18.7 Å². The quantitative estimate of drug-likeness (QED) is 0.779. The number of rotatable bonds is 5. The van der Waals surface area contributed by atoms with Crippen molar-refractivity contribution in [2.45, 2.75) is 40.8 Å². The molecule has 0 fully saturated rings. The van der Waals surface area contributed by atoms with Gasteiger partial charge in [-0.25, -0.2) is 4.79 Å². The topological polar surface area (TPSA) is 70.3 Å². The molecule has 0 aliphatic heterocycles. The van der Waals surface area contributed by atoms with Gasteiger partial charge in [-0.1, -0.05) is 32.0 Å². The molecule has 6 heteroatoms. The Morgan fingerprint density at radius 1 is 1.16 bits per heavy atom. The highest BCUT2D eigenvalue weighted by Crippen LogP contribution is 2.22. The van der Waals surface area contributed by atoms with Gasteiger partial charge in [0.1, 0.15) is 6.54 Å². The Morgan fingerprint density at radius 3 is 2.44 bits per heavy atom. The number of nitrogens with zero attached hydrogens (tertiary/aromatic N) is 2. The highest BCUT2D eigenvalue weighted by atomic mass is 16.5. The van der Waals surface area contributed by atoms with E-state index in [0.29, 0.717) is 5.56 Å². The fraction of sp³-hybridized carbons (Fsp3) is 0.421. The molecule has 2 rings (SSSR count). The largest absolute Gasteiger partial charge is 0.468 e. The van der Waals surface area contributed by atoms with Gasteiger partial charge in [0.2, 0.25) is 0 Å². The first-order valence-corrected chi connectivity index (χ1v) is 8.24. The van der Waals surface area contributed by atoms with E-state index in [9.17, 15) is 14.4 Å². The first-order valence-electron chi connectivity index (χ1n) is 8.24. The maximum atomic E-state index is 12.9. The van der Waals surface area contributed by atoms with Gasteiger partial charge in [-0.05, 0) is 36.5 Å². The predicted octanol–water partition coefficient (Wildman–Crippen LogP) is 2.12. The van der Waals surface area contributed by atoms with Crippen molar-refractivity contribution in [2.24, 2.45) is 5.92 Å². The number of ether oxygens (including phenoxy) is 1. The maximum absolute atomic E-state index is 12.9. The van der Waals surface area contributed by atoms with Gasteiger partial charge < -0.3 is 4.74 Å². The number of hydrogen-bond donors (Lipinski definition) is 0.